The van der Waals surface area contributed by atoms with Gasteiger partial charge in [0.25, 0.3) is 0 Å². The molecule has 0 N–H and O–H groups in total. The molecule has 5 nitrogen and oxygen atoms in total. The third kappa shape index (κ3) is 55.7. The number of ether oxygens (including phenoxy) is 3. The van der Waals surface area contributed by atoms with Gasteiger partial charge in [0, 0.05) is 19.4 Å². The number of carbonyl (C=O) groups is 2. The lowest BCUT2D eigenvalue weighted by Gasteiger charge is -2.18. The Hall–Kier alpha value is -2.92. The molecule has 1 unspecified atom stereocenters. The van der Waals surface area contributed by atoms with Crippen LogP contribution in [0.3, 0.4) is 0 Å². The Labute approximate surface area is 422 Å². The molecule has 0 aromatic carbocycles. The Bertz CT molecular complexity index is 1250. The highest BCUT2D eigenvalue weighted by Crippen LogP contribution is 2.15. The molecule has 0 spiro atoms. The topological polar surface area (TPSA) is 61.8 Å². The van der Waals surface area contributed by atoms with Gasteiger partial charge >= 0.3 is 11.9 Å². The van der Waals surface area contributed by atoms with Crippen LogP contribution in [-0.2, 0) is 23.8 Å². The molecule has 0 fully saturated rings. The molecule has 0 aliphatic carbocycles. The summed E-state index contributed by atoms with van der Waals surface area (Å²) in [5.74, 6) is -0.488. The van der Waals surface area contributed by atoms with Gasteiger partial charge < -0.3 is 14.2 Å². The van der Waals surface area contributed by atoms with Crippen LogP contribution in [0.15, 0.2) is 85.1 Å². The van der Waals surface area contributed by atoms with Crippen molar-refractivity contribution in [3.8, 4) is 0 Å². The molecule has 0 amide bonds. The Morgan fingerprint density at radius 3 is 1.12 bits per heavy atom. The van der Waals surface area contributed by atoms with Crippen LogP contribution < -0.4 is 0 Å². The first-order valence-corrected chi connectivity index (χ1v) is 29.1. The molecule has 0 aliphatic rings. The third-order valence-electron chi connectivity index (χ3n) is 12.4. The van der Waals surface area contributed by atoms with Gasteiger partial charge in [-0.05, 0) is 83.5 Å². The van der Waals surface area contributed by atoms with E-state index in [9.17, 15) is 9.59 Å². The maximum atomic E-state index is 12.9. The zero-order valence-corrected chi connectivity index (χ0v) is 45.1. The summed E-state index contributed by atoms with van der Waals surface area (Å²) in [6, 6.07) is 0. The number of unbranched alkanes of at least 4 members (excludes halogenated alkanes) is 28. The fourth-order valence-corrected chi connectivity index (χ4v) is 8.12. The van der Waals surface area contributed by atoms with E-state index < -0.39 is 6.10 Å². The van der Waals surface area contributed by atoms with Crippen molar-refractivity contribution in [2.24, 2.45) is 0 Å². The van der Waals surface area contributed by atoms with Crippen LogP contribution in [0, 0.1) is 0 Å². The van der Waals surface area contributed by atoms with Crippen LogP contribution in [0.25, 0.3) is 0 Å². The SMILES string of the molecule is CC/C=C\C/C=C\C/C=C\C/C=C\C/C=C\C/C=C\CCC(=O)OCC(COCCCCCCCCCCCCCCCC)OC(=O)CCCCCCCCCCC/C=C\CCCCCCCC. The normalized spacial score (nSPS) is 12.8. The summed E-state index contributed by atoms with van der Waals surface area (Å²) >= 11 is 0. The quantitative estimate of drug-likeness (QED) is 0.0345. The molecule has 5 heteroatoms. The fourth-order valence-electron chi connectivity index (χ4n) is 8.12. The van der Waals surface area contributed by atoms with Gasteiger partial charge in [-0.3, -0.25) is 9.59 Å². The van der Waals surface area contributed by atoms with Crippen LogP contribution >= 0.6 is 0 Å². The third-order valence-corrected chi connectivity index (χ3v) is 12.4. The number of hydrogen-bond acceptors (Lipinski definition) is 5. The van der Waals surface area contributed by atoms with E-state index in [0.29, 0.717) is 25.9 Å². The van der Waals surface area contributed by atoms with Gasteiger partial charge in [-0.1, -0.05) is 266 Å². The molecule has 0 rings (SSSR count). The maximum absolute atomic E-state index is 12.9. The van der Waals surface area contributed by atoms with Crippen molar-refractivity contribution in [1.29, 1.82) is 0 Å². The predicted molar refractivity (Wildman–Crippen MR) is 297 cm³/mol. The van der Waals surface area contributed by atoms with Crippen molar-refractivity contribution in [2.45, 2.75) is 284 Å². The maximum Gasteiger partial charge on any atom is 0.306 e. The molecule has 0 heterocycles. The highest BCUT2D eigenvalue weighted by atomic mass is 16.6. The molecule has 68 heavy (non-hydrogen) atoms. The molecule has 0 aliphatic heterocycles. The molecule has 0 bridgehead atoms. The van der Waals surface area contributed by atoms with Crippen molar-refractivity contribution in [3.63, 3.8) is 0 Å². The summed E-state index contributed by atoms with van der Waals surface area (Å²) in [5.41, 5.74) is 0. The highest BCUT2D eigenvalue weighted by molar-refractivity contribution is 5.70. The van der Waals surface area contributed by atoms with Gasteiger partial charge in [0.15, 0.2) is 6.10 Å². The molecule has 1 atom stereocenters. The van der Waals surface area contributed by atoms with E-state index in [1.54, 1.807) is 0 Å². The minimum atomic E-state index is -0.570. The van der Waals surface area contributed by atoms with E-state index >= 15 is 0 Å². The van der Waals surface area contributed by atoms with Crippen LogP contribution in [0.2, 0.25) is 0 Å². The number of hydrogen-bond donors (Lipinski definition) is 0. The van der Waals surface area contributed by atoms with E-state index in [2.05, 4.69) is 99.8 Å². The first-order valence-electron chi connectivity index (χ1n) is 29.1. The van der Waals surface area contributed by atoms with Crippen molar-refractivity contribution in [1.82, 2.24) is 0 Å². The second-order valence-corrected chi connectivity index (χ2v) is 19.2. The van der Waals surface area contributed by atoms with E-state index in [0.717, 1.165) is 70.6 Å². The Balaban J connectivity index is 4.36. The van der Waals surface area contributed by atoms with Crippen molar-refractivity contribution in [3.05, 3.63) is 85.1 Å². The van der Waals surface area contributed by atoms with E-state index in [1.165, 1.54) is 167 Å². The molecule has 0 saturated heterocycles. The summed E-state index contributed by atoms with van der Waals surface area (Å²) in [5, 5.41) is 0. The molecule has 392 valence electrons. The second-order valence-electron chi connectivity index (χ2n) is 19.2. The molecular formula is C63H110O5. The lowest BCUT2D eigenvalue weighted by molar-refractivity contribution is -0.162. The summed E-state index contributed by atoms with van der Waals surface area (Å²) < 4.78 is 17.4. The zero-order chi connectivity index (χ0) is 49.2. The standard InChI is InChI=1S/C63H110O5/c1-4-7-10-13-16-19-22-25-28-30-32-34-36-38-41-44-47-50-53-56-62(64)67-60-61(59-66-58-55-52-49-46-43-40-27-24-21-18-15-12-9-6-3)68-63(65)57-54-51-48-45-42-39-37-35-33-31-29-26-23-20-17-14-11-8-5-2/h7,10,16,19,25-26,28-29,32,34,38,41,47,50,61H,4-6,8-9,11-15,17-18,20-24,27,30-31,33,35-37,39-40,42-46,48-49,51-60H2,1-3H3/b10-7-,19-16-,28-25-,29-26-,34-32-,41-38-,50-47-. The van der Waals surface area contributed by atoms with Crippen LogP contribution in [-0.4, -0.2) is 37.9 Å². The molecule has 0 radical (unpaired) electrons. The number of carbonyl (C=O) groups excluding carboxylic acids is 2. The van der Waals surface area contributed by atoms with Gasteiger partial charge in [0.2, 0.25) is 0 Å². The summed E-state index contributed by atoms with van der Waals surface area (Å²) in [4.78, 5) is 25.5. The molecular weight excluding hydrogens is 837 g/mol. The Morgan fingerprint density at radius 1 is 0.338 bits per heavy atom. The molecule has 0 saturated carbocycles. The largest absolute Gasteiger partial charge is 0.462 e. The highest BCUT2D eigenvalue weighted by Gasteiger charge is 2.17. The number of allylic oxidation sites excluding steroid dienone is 14. The van der Waals surface area contributed by atoms with Crippen molar-refractivity contribution >= 4 is 11.9 Å². The Morgan fingerprint density at radius 2 is 0.691 bits per heavy atom. The smallest absolute Gasteiger partial charge is 0.306 e. The minimum Gasteiger partial charge on any atom is -0.462 e. The van der Waals surface area contributed by atoms with E-state index in [1.807, 2.05) is 6.08 Å². The first-order chi connectivity index (χ1) is 33.6. The van der Waals surface area contributed by atoms with E-state index in [-0.39, 0.29) is 25.2 Å². The summed E-state index contributed by atoms with van der Waals surface area (Å²) in [6.45, 7) is 7.66. The number of esters is 2. The van der Waals surface area contributed by atoms with Gasteiger partial charge in [-0.15, -0.1) is 0 Å². The first kappa shape index (κ1) is 65.1. The van der Waals surface area contributed by atoms with Crippen molar-refractivity contribution < 1.29 is 23.8 Å². The average molecular weight is 948 g/mol. The lowest BCUT2D eigenvalue weighted by Crippen LogP contribution is -2.30. The van der Waals surface area contributed by atoms with Gasteiger partial charge in [-0.2, -0.15) is 0 Å². The average Bonchev–Trinajstić information content (AvgIpc) is 3.34. The van der Waals surface area contributed by atoms with Crippen LogP contribution in [0.5, 0.6) is 0 Å². The van der Waals surface area contributed by atoms with Gasteiger partial charge in [-0.25, -0.2) is 0 Å². The number of rotatable bonds is 53. The van der Waals surface area contributed by atoms with Crippen LogP contribution in [0.1, 0.15) is 278 Å². The predicted octanol–water partition coefficient (Wildman–Crippen LogP) is 20.0. The minimum absolute atomic E-state index is 0.0442. The molecule has 0 aromatic heterocycles. The Kier molecular flexibility index (Phi) is 55.9. The summed E-state index contributed by atoms with van der Waals surface area (Å²) in [7, 11) is 0. The summed E-state index contributed by atoms with van der Waals surface area (Å²) in [6.07, 6.45) is 77.6. The zero-order valence-electron chi connectivity index (χ0n) is 45.1. The van der Waals surface area contributed by atoms with Crippen LogP contribution in [0.4, 0.5) is 0 Å². The molecule has 0 aromatic rings. The van der Waals surface area contributed by atoms with Gasteiger partial charge in [0.1, 0.15) is 6.61 Å². The second kappa shape index (κ2) is 58.4. The fraction of sp³-hybridized carbons (Fsp3) is 0.746. The monoisotopic (exact) mass is 947 g/mol. The van der Waals surface area contributed by atoms with Gasteiger partial charge in [0.05, 0.1) is 6.61 Å². The van der Waals surface area contributed by atoms with Crippen molar-refractivity contribution in [2.75, 3.05) is 19.8 Å². The van der Waals surface area contributed by atoms with E-state index in [4.69, 9.17) is 14.2 Å². The lowest BCUT2D eigenvalue weighted by atomic mass is 10.0.